The molecule has 0 aliphatic carbocycles. The van der Waals surface area contributed by atoms with Crippen LogP contribution in [0.15, 0.2) is 23.2 Å². The summed E-state index contributed by atoms with van der Waals surface area (Å²) in [4.78, 5) is 4.32. The molecule has 2 nitrogen and oxygen atoms in total. The van der Waals surface area contributed by atoms with Gasteiger partial charge in [0.05, 0.1) is 7.11 Å². The van der Waals surface area contributed by atoms with E-state index in [2.05, 4.69) is 18.8 Å². The Balaban J connectivity index is 2.66. The first-order valence-electron chi connectivity index (χ1n) is 4.44. The van der Waals surface area contributed by atoms with Crippen molar-refractivity contribution in [3.05, 3.63) is 18.2 Å². The third kappa shape index (κ3) is 3.27. The van der Waals surface area contributed by atoms with Crippen molar-refractivity contribution in [3.63, 3.8) is 0 Å². The molecule has 1 aromatic rings. The molecular weight excluding hydrogens is 182 g/mol. The molecule has 1 heterocycles. The summed E-state index contributed by atoms with van der Waals surface area (Å²) in [5.74, 6) is 0.688. The monoisotopic (exact) mass is 197 g/mol. The maximum atomic E-state index is 5.05. The summed E-state index contributed by atoms with van der Waals surface area (Å²) >= 11 is 1.78. The molecule has 0 aromatic carbocycles. The molecule has 72 valence electrons. The molecule has 3 heteroatoms. The highest BCUT2D eigenvalue weighted by Crippen LogP contribution is 2.24. The number of methoxy groups -OCH3 is 1. The average molecular weight is 197 g/mol. The number of hydrogen-bond acceptors (Lipinski definition) is 3. The molecule has 0 amide bonds. The lowest BCUT2D eigenvalue weighted by Gasteiger charge is -2.07. The van der Waals surface area contributed by atoms with Crippen molar-refractivity contribution >= 4 is 11.8 Å². The zero-order chi connectivity index (χ0) is 9.68. The number of thioether (sulfide) groups is 1. The lowest BCUT2D eigenvalue weighted by atomic mass is 10.4. The quantitative estimate of drug-likeness (QED) is 0.693. The molecule has 0 aliphatic rings. The minimum absolute atomic E-state index is 0.611. The summed E-state index contributed by atoms with van der Waals surface area (Å²) < 4.78 is 5.05. The fourth-order valence-corrected chi connectivity index (χ4v) is 1.74. The van der Waals surface area contributed by atoms with Gasteiger partial charge in [0.1, 0.15) is 5.03 Å². The van der Waals surface area contributed by atoms with E-state index in [1.807, 2.05) is 18.2 Å². The zero-order valence-corrected chi connectivity index (χ0v) is 9.10. The van der Waals surface area contributed by atoms with Crippen molar-refractivity contribution in [3.8, 4) is 5.88 Å². The van der Waals surface area contributed by atoms with Gasteiger partial charge in [-0.05, 0) is 12.5 Å². The van der Waals surface area contributed by atoms with E-state index in [-0.39, 0.29) is 0 Å². The first-order chi connectivity index (χ1) is 6.26. The van der Waals surface area contributed by atoms with Gasteiger partial charge >= 0.3 is 0 Å². The maximum Gasteiger partial charge on any atom is 0.213 e. The molecule has 0 unspecified atom stereocenters. The summed E-state index contributed by atoms with van der Waals surface area (Å²) in [6, 6.07) is 5.84. The summed E-state index contributed by atoms with van der Waals surface area (Å²) in [7, 11) is 1.64. The minimum Gasteiger partial charge on any atom is -0.481 e. The highest BCUT2D eigenvalue weighted by atomic mass is 32.2. The largest absolute Gasteiger partial charge is 0.481 e. The average Bonchev–Trinajstić information content (AvgIpc) is 2.18. The van der Waals surface area contributed by atoms with E-state index in [0.29, 0.717) is 11.1 Å². The van der Waals surface area contributed by atoms with Gasteiger partial charge in [0, 0.05) is 11.3 Å². The summed E-state index contributed by atoms with van der Waals surface area (Å²) in [5, 5.41) is 1.65. The molecule has 0 aliphatic heterocycles. The zero-order valence-electron chi connectivity index (χ0n) is 8.28. The highest BCUT2D eigenvalue weighted by molar-refractivity contribution is 7.99. The number of hydrogen-bond donors (Lipinski definition) is 0. The molecule has 0 spiro atoms. The number of nitrogens with zero attached hydrogens (tertiary/aromatic N) is 1. The molecule has 0 radical (unpaired) electrons. The molecule has 1 atom stereocenters. The Bertz CT molecular complexity index is 265. The van der Waals surface area contributed by atoms with Crippen LogP contribution in [0.2, 0.25) is 0 Å². The van der Waals surface area contributed by atoms with E-state index in [0.717, 1.165) is 11.4 Å². The van der Waals surface area contributed by atoms with E-state index < -0.39 is 0 Å². The van der Waals surface area contributed by atoms with E-state index in [1.165, 1.54) is 0 Å². The summed E-state index contributed by atoms with van der Waals surface area (Å²) in [5.41, 5.74) is 0. The van der Waals surface area contributed by atoms with Crippen LogP contribution in [0.25, 0.3) is 0 Å². The molecule has 0 fully saturated rings. The summed E-state index contributed by atoms with van der Waals surface area (Å²) in [6.45, 7) is 4.38. The second-order valence-electron chi connectivity index (χ2n) is 2.85. The van der Waals surface area contributed by atoms with Crippen LogP contribution in [-0.2, 0) is 0 Å². The van der Waals surface area contributed by atoms with Gasteiger partial charge in [-0.15, -0.1) is 11.8 Å². The first kappa shape index (κ1) is 10.4. The second-order valence-corrected chi connectivity index (χ2v) is 4.31. The Labute approximate surface area is 83.7 Å². The third-order valence-electron chi connectivity index (χ3n) is 1.80. The van der Waals surface area contributed by atoms with E-state index >= 15 is 0 Å². The van der Waals surface area contributed by atoms with Crippen molar-refractivity contribution in [1.82, 2.24) is 4.98 Å². The molecule has 1 aromatic heterocycles. The highest BCUT2D eigenvalue weighted by Gasteiger charge is 2.03. The molecular formula is C10H15NOS. The van der Waals surface area contributed by atoms with Crippen molar-refractivity contribution in [2.24, 2.45) is 0 Å². The van der Waals surface area contributed by atoms with Gasteiger partial charge in [-0.25, -0.2) is 4.98 Å². The number of pyridine rings is 1. The van der Waals surface area contributed by atoms with Crippen LogP contribution >= 0.6 is 11.8 Å². The van der Waals surface area contributed by atoms with Crippen LogP contribution in [0.3, 0.4) is 0 Å². The minimum atomic E-state index is 0.611. The van der Waals surface area contributed by atoms with Crippen molar-refractivity contribution in [2.45, 2.75) is 30.5 Å². The number of ether oxygens (including phenoxy) is 1. The molecule has 0 N–H and O–H groups in total. The fraction of sp³-hybridized carbons (Fsp3) is 0.500. The van der Waals surface area contributed by atoms with Crippen LogP contribution in [0.5, 0.6) is 5.88 Å². The normalized spacial score (nSPS) is 12.5. The van der Waals surface area contributed by atoms with Gasteiger partial charge in [0.2, 0.25) is 5.88 Å². The van der Waals surface area contributed by atoms with Gasteiger partial charge in [-0.1, -0.05) is 19.9 Å². The predicted molar refractivity (Wildman–Crippen MR) is 56.4 cm³/mol. The standard InChI is InChI=1S/C10H15NOS/c1-4-8(2)13-10-7-5-6-9(11-10)12-3/h5-8H,4H2,1-3H3/t8-/m1/s1. The van der Waals surface area contributed by atoms with Crippen LogP contribution in [-0.4, -0.2) is 17.3 Å². The maximum absolute atomic E-state index is 5.05. The van der Waals surface area contributed by atoms with Gasteiger partial charge in [-0.2, -0.15) is 0 Å². The van der Waals surface area contributed by atoms with Crippen LogP contribution in [0.1, 0.15) is 20.3 Å². The Morgan fingerprint density at radius 3 is 2.92 bits per heavy atom. The van der Waals surface area contributed by atoms with Crippen LogP contribution in [0, 0.1) is 0 Å². The Kier molecular flexibility index (Phi) is 4.09. The summed E-state index contributed by atoms with van der Waals surface area (Å²) in [6.07, 6.45) is 1.16. The lowest BCUT2D eigenvalue weighted by Crippen LogP contribution is -1.94. The van der Waals surface area contributed by atoms with Crippen LogP contribution < -0.4 is 4.74 Å². The van der Waals surface area contributed by atoms with Crippen molar-refractivity contribution in [1.29, 1.82) is 0 Å². The number of rotatable bonds is 4. The number of aromatic nitrogens is 1. The van der Waals surface area contributed by atoms with Crippen molar-refractivity contribution in [2.75, 3.05) is 7.11 Å². The second kappa shape index (κ2) is 5.12. The smallest absolute Gasteiger partial charge is 0.213 e. The van der Waals surface area contributed by atoms with E-state index in [4.69, 9.17) is 4.74 Å². The molecule has 0 saturated carbocycles. The fourth-order valence-electron chi connectivity index (χ4n) is 0.865. The van der Waals surface area contributed by atoms with Gasteiger partial charge < -0.3 is 4.74 Å². The third-order valence-corrected chi connectivity index (χ3v) is 3.01. The topological polar surface area (TPSA) is 22.1 Å². The van der Waals surface area contributed by atoms with Crippen molar-refractivity contribution < 1.29 is 4.74 Å². The molecule has 1 rings (SSSR count). The SMILES string of the molecule is CC[C@@H](C)Sc1cccc(OC)n1. The molecule has 0 saturated heterocycles. The Hall–Kier alpha value is -0.700. The van der Waals surface area contributed by atoms with Gasteiger partial charge in [0.15, 0.2) is 0 Å². The Morgan fingerprint density at radius 2 is 2.31 bits per heavy atom. The van der Waals surface area contributed by atoms with E-state index in [9.17, 15) is 0 Å². The van der Waals surface area contributed by atoms with Gasteiger partial charge in [0.25, 0.3) is 0 Å². The van der Waals surface area contributed by atoms with Gasteiger partial charge in [-0.3, -0.25) is 0 Å². The molecule has 0 bridgehead atoms. The first-order valence-corrected chi connectivity index (χ1v) is 5.32. The van der Waals surface area contributed by atoms with Crippen LogP contribution in [0.4, 0.5) is 0 Å². The van der Waals surface area contributed by atoms with E-state index in [1.54, 1.807) is 18.9 Å². The Morgan fingerprint density at radius 1 is 1.54 bits per heavy atom. The lowest BCUT2D eigenvalue weighted by molar-refractivity contribution is 0.394. The predicted octanol–water partition coefficient (Wildman–Crippen LogP) is 2.98. The molecule has 13 heavy (non-hydrogen) atoms.